The van der Waals surface area contributed by atoms with Gasteiger partial charge in [-0.05, 0) is 35.9 Å². The summed E-state index contributed by atoms with van der Waals surface area (Å²) in [6, 6.07) is 12.7. The fourth-order valence-electron chi connectivity index (χ4n) is 1.80. The standard InChI is InChI=1S/C16H16O4/c1-18-14-5-3-4-13(8-14)11-20-16-9-12(10-17)6-7-15(16)19-2/h3-10H,11H2,1-2H3. The van der Waals surface area contributed by atoms with Gasteiger partial charge in [-0.15, -0.1) is 0 Å². The number of methoxy groups -OCH3 is 2. The van der Waals surface area contributed by atoms with Gasteiger partial charge in [-0.3, -0.25) is 4.79 Å². The van der Waals surface area contributed by atoms with Gasteiger partial charge in [0.2, 0.25) is 0 Å². The van der Waals surface area contributed by atoms with Gasteiger partial charge in [-0.2, -0.15) is 0 Å². The summed E-state index contributed by atoms with van der Waals surface area (Å²) in [7, 11) is 3.19. The highest BCUT2D eigenvalue weighted by Gasteiger charge is 2.06. The van der Waals surface area contributed by atoms with E-state index in [-0.39, 0.29) is 0 Å². The van der Waals surface area contributed by atoms with Gasteiger partial charge in [0.25, 0.3) is 0 Å². The van der Waals surface area contributed by atoms with Crippen LogP contribution in [0.3, 0.4) is 0 Å². The summed E-state index contributed by atoms with van der Waals surface area (Å²) in [4.78, 5) is 10.8. The van der Waals surface area contributed by atoms with Gasteiger partial charge in [0, 0.05) is 5.56 Å². The average Bonchev–Trinajstić information content (AvgIpc) is 2.52. The molecule has 0 unspecified atom stereocenters. The van der Waals surface area contributed by atoms with E-state index in [0.717, 1.165) is 17.6 Å². The van der Waals surface area contributed by atoms with Crippen LogP contribution in [-0.4, -0.2) is 20.5 Å². The van der Waals surface area contributed by atoms with Crippen LogP contribution in [0.2, 0.25) is 0 Å². The van der Waals surface area contributed by atoms with Crippen molar-refractivity contribution in [1.82, 2.24) is 0 Å². The summed E-state index contributed by atoms with van der Waals surface area (Å²) in [5, 5.41) is 0. The summed E-state index contributed by atoms with van der Waals surface area (Å²) >= 11 is 0. The predicted molar refractivity (Wildman–Crippen MR) is 75.7 cm³/mol. The van der Waals surface area contributed by atoms with E-state index in [0.29, 0.717) is 23.7 Å². The molecule has 0 aliphatic heterocycles. The van der Waals surface area contributed by atoms with Crippen molar-refractivity contribution in [1.29, 1.82) is 0 Å². The molecule has 0 radical (unpaired) electrons. The van der Waals surface area contributed by atoms with Crippen molar-refractivity contribution in [2.24, 2.45) is 0 Å². The lowest BCUT2D eigenvalue weighted by atomic mass is 10.2. The Morgan fingerprint density at radius 3 is 2.55 bits per heavy atom. The second-order valence-electron chi connectivity index (χ2n) is 4.17. The first-order valence-corrected chi connectivity index (χ1v) is 6.15. The lowest BCUT2D eigenvalue weighted by molar-refractivity contribution is 0.112. The number of carbonyl (C=O) groups is 1. The molecule has 0 atom stereocenters. The van der Waals surface area contributed by atoms with Crippen LogP contribution in [0, 0.1) is 0 Å². The number of carbonyl (C=O) groups excluding carboxylic acids is 1. The van der Waals surface area contributed by atoms with E-state index in [1.807, 2.05) is 24.3 Å². The minimum atomic E-state index is 0.371. The molecule has 104 valence electrons. The number of aldehydes is 1. The Morgan fingerprint density at radius 1 is 1.00 bits per heavy atom. The minimum Gasteiger partial charge on any atom is -0.497 e. The first kappa shape index (κ1) is 13.9. The summed E-state index contributed by atoms with van der Waals surface area (Å²) < 4.78 is 16.1. The lowest BCUT2D eigenvalue weighted by Gasteiger charge is -2.11. The number of hydrogen-bond acceptors (Lipinski definition) is 4. The van der Waals surface area contributed by atoms with Gasteiger partial charge >= 0.3 is 0 Å². The third-order valence-electron chi connectivity index (χ3n) is 2.85. The molecule has 0 heterocycles. The molecule has 4 nitrogen and oxygen atoms in total. The summed E-state index contributed by atoms with van der Waals surface area (Å²) in [5.74, 6) is 1.91. The predicted octanol–water partition coefficient (Wildman–Crippen LogP) is 3.10. The van der Waals surface area contributed by atoms with Crippen molar-refractivity contribution in [3.05, 3.63) is 53.6 Å². The van der Waals surface area contributed by atoms with Crippen molar-refractivity contribution in [2.45, 2.75) is 6.61 Å². The molecule has 20 heavy (non-hydrogen) atoms. The molecule has 0 saturated heterocycles. The zero-order valence-corrected chi connectivity index (χ0v) is 11.5. The third kappa shape index (κ3) is 3.29. The molecule has 0 aromatic heterocycles. The average molecular weight is 272 g/mol. The van der Waals surface area contributed by atoms with Crippen molar-refractivity contribution >= 4 is 6.29 Å². The van der Waals surface area contributed by atoms with Crippen LogP contribution in [-0.2, 0) is 6.61 Å². The van der Waals surface area contributed by atoms with E-state index in [2.05, 4.69) is 0 Å². The van der Waals surface area contributed by atoms with Gasteiger partial charge in [0.05, 0.1) is 14.2 Å². The quantitative estimate of drug-likeness (QED) is 0.758. The molecular formula is C16H16O4. The number of hydrogen-bond donors (Lipinski definition) is 0. The molecule has 4 heteroatoms. The van der Waals surface area contributed by atoms with E-state index >= 15 is 0 Å². The van der Waals surface area contributed by atoms with Gasteiger partial charge in [0.15, 0.2) is 11.5 Å². The Labute approximate surface area is 117 Å². The molecule has 2 aromatic carbocycles. The summed E-state index contributed by atoms with van der Waals surface area (Å²) in [6.07, 6.45) is 0.776. The molecular weight excluding hydrogens is 256 g/mol. The van der Waals surface area contributed by atoms with Crippen molar-refractivity contribution in [3.8, 4) is 17.2 Å². The highest BCUT2D eigenvalue weighted by atomic mass is 16.5. The Bertz CT molecular complexity index is 593. The van der Waals surface area contributed by atoms with E-state index in [1.165, 1.54) is 0 Å². The Kier molecular flexibility index (Phi) is 4.60. The van der Waals surface area contributed by atoms with E-state index in [4.69, 9.17) is 14.2 Å². The smallest absolute Gasteiger partial charge is 0.162 e. The van der Waals surface area contributed by atoms with Crippen LogP contribution >= 0.6 is 0 Å². The van der Waals surface area contributed by atoms with Crippen LogP contribution in [0.15, 0.2) is 42.5 Å². The number of benzene rings is 2. The molecule has 0 bridgehead atoms. The maximum absolute atomic E-state index is 10.8. The van der Waals surface area contributed by atoms with Crippen LogP contribution in [0.4, 0.5) is 0 Å². The van der Waals surface area contributed by atoms with Crippen molar-refractivity contribution in [2.75, 3.05) is 14.2 Å². The lowest BCUT2D eigenvalue weighted by Crippen LogP contribution is -1.99. The Hall–Kier alpha value is -2.49. The highest BCUT2D eigenvalue weighted by molar-refractivity contribution is 5.76. The normalized spacial score (nSPS) is 9.90. The Balaban J connectivity index is 2.14. The zero-order valence-electron chi connectivity index (χ0n) is 11.5. The molecule has 0 amide bonds. The molecule has 0 N–H and O–H groups in total. The summed E-state index contributed by atoms with van der Waals surface area (Å²) in [5.41, 5.74) is 1.52. The maximum atomic E-state index is 10.8. The van der Waals surface area contributed by atoms with Gasteiger partial charge in [0.1, 0.15) is 18.6 Å². The van der Waals surface area contributed by atoms with Crippen molar-refractivity contribution < 1.29 is 19.0 Å². The largest absolute Gasteiger partial charge is 0.497 e. The molecule has 0 aliphatic rings. The third-order valence-corrected chi connectivity index (χ3v) is 2.85. The maximum Gasteiger partial charge on any atom is 0.162 e. The first-order chi connectivity index (χ1) is 9.76. The van der Waals surface area contributed by atoms with Crippen LogP contribution in [0.25, 0.3) is 0 Å². The molecule has 2 rings (SSSR count). The van der Waals surface area contributed by atoms with E-state index < -0.39 is 0 Å². The SMILES string of the molecule is COc1cccc(COc2cc(C=O)ccc2OC)c1. The topological polar surface area (TPSA) is 44.8 Å². The fraction of sp³-hybridized carbons (Fsp3) is 0.188. The molecule has 2 aromatic rings. The number of rotatable bonds is 6. The molecule has 0 fully saturated rings. The van der Waals surface area contributed by atoms with Gasteiger partial charge in [-0.1, -0.05) is 12.1 Å². The van der Waals surface area contributed by atoms with Gasteiger partial charge < -0.3 is 14.2 Å². The van der Waals surface area contributed by atoms with Crippen LogP contribution in [0.1, 0.15) is 15.9 Å². The highest BCUT2D eigenvalue weighted by Crippen LogP contribution is 2.28. The van der Waals surface area contributed by atoms with Crippen LogP contribution < -0.4 is 14.2 Å². The zero-order chi connectivity index (χ0) is 14.4. The van der Waals surface area contributed by atoms with Crippen molar-refractivity contribution in [3.63, 3.8) is 0 Å². The molecule has 0 spiro atoms. The van der Waals surface area contributed by atoms with E-state index in [9.17, 15) is 4.79 Å². The fourth-order valence-corrected chi connectivity index (χ4v) is 1.80. The second-order valence-corrected chi connectivity index (χ2v) is 4.17. The molecule has 0 aliphatic carbocycles. The first-order valence-electron chi connectivity index (χ1n) is 6.15. The summed E-state index contributed by atoms with van der Waals surface area (Å²) in [6.45, 7) is 0.371. The second kappa shape index (κ2) is 6.61. The number of ether oxygens (including phenoxy) is 3. The van der Waals surface area contributed by atoms with E-state index in [1.54, 1.807) is 32.4 Å². The van der Waals surface area contributed by atoms with Crippen LogP contribution in [0.5, 0.6) is 17.2 Å². The monoisotopic (exact) mass is 272 g/mol. The molecule has 0 saturated carbocycles. The Morgan fingerprint density at radius 2 is 1.85 bits per heavy atom. The van der Waals surface area contributed by atoms with Gasteiger partial charge in [-0.25, -0.2) is 0 Å². The minimum absolute atomic E-state index is 0.371.